The van der Waals surface area contributed by atoms with Crippen LogP contribution in [0.15, 0.2) is 0 Å². The van der Waals surface area contributed by atoms with Gasteiger partial charge in [0.2, 0.25) is 0 Å². The monoisotopic (exact) mass is 530 g/mol. The number of ether oxygens (including phenoxy) is 4. The van der Waals surface area contributed by atoms with Gasteiger partial charge in [0.25, 0.3) is 0 Å². The smallest absolute Gasteiger partial charge is 0.144 e. The Morgan fingerprint density at radius 2 is 0.903 bits per heavy atom. The average molecular weight is 531 g/mol. The predicted octanol–water partition coefficient (Wildman–Crippen LogP) is 6.02. The first kappa shape index (κ1) is 32.3. The van der Waals surface area contributed by atoms with Crippen molar-refractivity contribution in [3.8, 4) is 0 Å². The van der Waals surface area contributed by atoms with Crippen LogP contribution < -0.4 is 0 Å². The van der Waals surface area contributed by atoms with Gasteiger partial charge in [0, 0.05) is 37.9 Å². The van der Waals surface area contributed by atoms with E-state index in [1.807, 2.05) is 31.4 Å². The molecule has 31 heavy (non-hydrogen) atoms. The fourth-order valence-electron chi connectivity index (χ4n) is 3.19. The highest BCUT2D eigenvalue weighted by Gasteiger charge is 2.30. The van der Waals surface area contributed by atoms with Crippen molar-refractivity contribution < 1.29 is 18.9 Å². The molecule has 0 saturated heterocycles. The van der Waals surface area contributed by atoms with Gasteiger partial charge in [-0.1, -0.05) is 62.4 Å². The lowest BCUT2D eigenvalue weighted by Crippen LogP contribution is -2.42. The molecule has 9 heteroatoms. The van der Waals surface area contributed by atoms with Crippen LogP contribution in [-0.4, -0.2) is 67.8 Å². The third-order valence-electron chi connectivity index (χ3n) is 5.02. The fraction of sp³-hybridized carbons (Fsp3) is 1.00. The zero-order chi connectivity index (χ0) is 23.3. The standard InChI is InChI=1S/C22H50O4S3Si2/c1-7-15-23-21(30-5,24-16-8-2)13-11-19-27-29-28-20-12-14-22(31-6,25-17-9-3)26-18-10-4/h7-20,30-31H2,1-6H3. The van der Waals surface area contributed by atoms with E-state index in [2.05, 4.69) is 40.8 Å². The number of hydrogen-bond acceptors (Lipinski definition) is 7. The largest absolute Gasteiger partial charge is 0.354 e. The van der Waals surface area contributed by atoms with Gasteiger partial charge in [-0.25, -0.2) is 0 Å². The van der Waals surface area contributed by atoms with Crippen LogP contribution in [0.2, 0.25) is 13.1 Å². The van der Waals surface area contributed by atoms with E-state index in [1.165, 1.54) is 0 Å². The van der Waals surface area contributed by atoms with Gasteiger partial charge in [-0.05, 0) is 61.2 Å². The highest BCUT2D eigenvalue weighted by Crippen LogP contribution is 2.37. The zero-order valence-electron chi connectivity index (χ0n) is 21.2. The molecule has 0 bridgehead atoms. The third kappa shape index (κ3) is 15.8. The Kier molecular flexibility index (Phi) is 22.8. The summed E-state index contributed by atoms with van der Waals surface area (Å²) in [7, 11) is 5.11. The van der Waals surface area contributed by atoms with Crippen LogP contribution in [0.1, 0.15) is 79.1 Å². The lowest BCUT2D eigenvalue weighted by molar-refractivity contribution is -0.184. The molecule has 0 radical (unpaired) electrons. The Hall–Kier alpha value is 1.32. The molecule has 0 N–H and O–H groups in total. The summed E-state index contributed by atoms with van der Waals surface area (Å²) in [6.07, 6.45) is 8.63. The maximum Gasteiger partial charge on any atom is 0.144 e. The molecule has 0 spiro atoms. The molecule has 0 saturated carbocycles. The summed E-state index contributed by atoms with van der Waals surface area (Å²) in [6, 6.07) is 0. The Morgan fingerprint density at radius 1 is 0.581 bits per heavy atom. The van der Waals surface area contributed by atoms with E-state index in [-0.39, 0.29) is 29.9 Å². The molecule has 4 nitrogen and oxygen atoms in total. The number of hydrogen-bond donors (Lipinski definition) is 0. The topological polar surface area (TPSA) is 36.9 Å². The maximum absolute atomic E-state index is 6.19. The molecule has 0 aliphatic heterocycles. The zero-order valence-corrected chi connectivity index (χ0v) is 26.4. The van der Waals surface area contributed by atoms with Crippen LogP contribution in [0, 0.1) is 0 Å². The molecular formula is C22H50O4S3Si2. The van der Waals surface area contributed by atoms with Gasteiger partial charge in [-0.3, -0.25) is 0 Å². The van der Waals surface area contributed by atoms with E-state index in [0.717, 1.165) is 89.3 Å². The van der Waals surface area contributed by atoms with Gasteiger partial charge in [0.05, 0.1) is 19.0 Å². The van der Waals surface area contributed by atoms with Crippen LogP contribution in [0.4, 0.5) is 0 Å². The first-order valence-corrected chi connectivity index (χ1v) is 20.6. The second kappa shape index (κ2) is 21.8. The molecule has 0 atom stereocenters. The number of rotatable bonds is 24. The van der Waals surface area contributed by atoms with Crippen LogP contribution in [0.25, 0.3) is 0 Å². The molecule has 0 unspecified atom stereocenters. The fourth-order valence-corrected chi connectivity index (χ4v) is 9.68. The minimum atomic E-state index is -0.385. The minimum Gasteiger partial charge on any atom is -0.354 e. The van der Waals surface area contributed by atoms with Crippen molar-refractivity contribution >= 4 is 50.5 Å². The average Bonchev–Trinajstić information content (AvgIpc) is 2.80. The predicted molar refractivity (Wildman–Crippen MR) is 150 cm³/mol. The van der Waals surface area contributed by atoms with Crippen molar-refractivity contribution in [1.82, 2.24) is 0 Å². The Labute approximate surface area is 209 Å². The van der Waals surface area contributed by atoms with E-state index in [1.54, 1.807) is 0 Å². The highest BCUT2D eigenvalue weighted by atomic mass is 33.5. The first-order valence-electron chi connectivity index (χ1n) is 12.5. The molecule has 0 fully saturated rings. The summed E-state index contributed by atoms with van der Waals surface area (Å²) >= 11 is 0. The van der Waals surface area contributed by atoms with Crippen LogP contribution in [0.5, 0.6) is 0 Å². The van der Waals surface area contributed by atoms with Gasteiger partial charge >= 0.3 is 0 Å². The van der Waals surface area contributed by atoms with Crippen molar-refractivity contribution in [2.24, 2.45) is 0 Å². The SMILES string of the molecule is CCCOC(CCCSSSCCCC(OCCC)(OCCC)[SiH2]C)(OCCC)[SiH2]C. The summed E-state index contributed by atoms with van der Waals surface area (Å²) in [4.78, 5) is 0. The second-order valence-electron chi connectivity index (χ2n) is 7.84. The Balaban J connectivity index is 4.10. The van der Waals surface area contributed by atoms with E-state index in [9.17, 15) is 0 Å². The Bertz CT molecular complexity index is 346. The second-order valence-corrected chi connectivity index (χ2v) is 15.9. The summed E-state index contributed by atoms with van der Waals surface area (Å²) in [6.45, 7) is 16.6. The molecular weight excluding hydrogens is 481 g/mol. The van der Waals surface area contributed by atoms with E-state index < -0.39 is 0 Å². The summed E-state index contributed by atoms with van der Waals surface area (Å²) in [5.74, 6) is 2.31. The van der Waals surface area contributed by atoms with E-state index in [0.29, 0.717) is 0 Å². The maximum atomic E-state index is 6.19. The molecule has 0 aromatic carbocycles. The molecule has 0 rings (SSSR count). The van der Waals surface area contributed by atoms with Gasteiger partial charge < -0.3 is 18.9 Å². The molecule has 0 aliphatic rings. The van der Waals surface area contributed by atoms with Crippen molar-refractivity contribution in [2.75, 3.05) is 37.9 Å². The summed E-state index contributed by atoms with van der Waals surface area (Å²) < 4.78 is 24.7. The third-order valence-corrected chi connectivity index (χ3v) is 13.1. The normalized spacial score (nSPS) is 13.4. The van der Waals surface area contributed by atoms with Gasteiger partial charge in [0.1, 0.15) is 10.8 Å². The van der Waals surface area contributed by atoms with E-state index >= 15 is 0 Å². The minimum absolute atomic E-state index is 0.241. The molecule has 0 aromatic rings. The molecule has 0 aliphatic carbocycles. The van der Waals surface area contributed by atoms with Gasteiger partial charge in [-0.15, -0.1) is 0 Å². The van der Waals surface area contributed by atoms with Gasteiger partial charge in [0.15, 0.2) is 0 Å². The van der Waals surface area contributed by atoms with Crippen LogP contribution in [-0.2, 0) is 18.9 Å². The quantitative estimate of drug-likeness (QED) is 0.0653. The Morgan fingerprint density at radius 3 is 1.16 bits per heavy atom. The van der Waals surface area contributed by atoms with Crippen molar-refractivity contribution in [2.45, 2.75) is 103 Å². The van der Waals surface area contributed by atoms with Crippen molar-refractivity contribution in [1.29, 1.82) is 0 Å². The van der Waals surface area contributed by atoms with Crippen molar-refractivity contribution in [3.05, 3.63) is 0 Å². The molecule has 0 heterocycles. The van der Waals surface area contributed by atoms with Crippen LogP contribution >= 0.6 is 31.4 Å². The van der Waals surface area contributed by atoms with Crippen molar-refractivity contribution in [3.63, 3.8) is 0 Å². The molecule has 188 valence electrons. The summed E-state index contributed by atoms with van der Waals surface area (Å²) in [5, 5.41) is 0. The van der Waals surface area contributed by atoms with Crippen LogP contribution in [0.3, 0.4) is 0 Å². The highest BCUT2D eigenvalue weighted by molar-refractivity contribution is 9.09. The lowest BCUT2D eigenvalue weighted by Gasteiger charge is -2.33. The van der Waals surface area contributed by atoms with E-state index in [4.69, 9.17) is 18.9 Å². The summed E-state index contributed by atoms with van der Waals surface area (Å²) in [5.41, 5.74) is -0.483. The molecule has 0 aromatic heterocycles. The molecule has 0 amide bonds. The lowest BCUT2D eigenvalue weighted by atomic mass is 10.3. The first-order chi connectivity index (χ1) is 15.1. The van der Waals surface area contributed by atoms with Gasteiger partial charge in [-0.2, -0.15) is 0 Å².